The van der Waals surface area contributed by atoms with Gasteiger partial charge in [-0.25, -0.2) is 0 Å². The summed E-state index contributed by atoms with van der Waals surface area (Å²) < 4.78 is 0. The molecule has 0 aromatic heterocycles. The van der Waals surface area contributed by atoms with Gasteiger partial charge in [0.05, 0.1) is 5.71 Å². The standard InChI is InChI=1S/C20H40N2O/c1-2-3-4-5-6-7-8-9-12-15-18-21-19-16-13-10-11-14-17-20(19)22-23/h19,21,23H,2-18H2,1H3/b22-20-/t19-/m1/s1. The van der Waals surface area contributed by atoms with Gasteiger partial charge >= 0.3 is 0 Å². The second kappa shape index (κ2) is 15.0. The zero-order chi connectivity index (χ0) is 16.6. The van der Waals surface area contributed by atoms with Crippen LogP contribution in [0.4, 0.5) is 0 Å². The van der Waals surface area contributed by atoms with E-state index < -0.39 is 0 Å². The molecule has 0 aliphatic heterocycles. The highest BCUT2D eigenvalue weighted by Gasteiger charge is 2.17. The lowest BCUT2D eigenvalue weighted by Crippen LogP contribution is -2.38. The molecule has 23 heavy (non-hydrogen) atoms. The number of nitrogens with one attached hydrogen (secondary N) is 1. The number of rotatable bonds is 12. The second-order valence-electron chi connectivity index (χ2n) is 7.23. The normalized spacial score (nSPS) is 21.3. The zero-order valence-corrected chi connectivity index (χ0v) is 15.5. The molecule has 1 atom stereocenters. The van der Waals surface area contributed by atoms with Gasteiger partial charge in [-0.3, -0.25) is 0 Å². The topological polar surface area (TPSA) is 44.6 Å². The highest BCUT2D eigenvalue weighted by Crippen LogP contribution is 2.16. The van der Waals surface area contributed by atoms with Crippen LogP contribution in [0.15, 0.2) is 5.16 Å². The summed E-state index contributed by atoms with van der Waals surface area (Å²) in [6.45, 7) is 3.35. The summed E-state index contributed by atoms with van der Waals surface area (Å²) in [7, 11) is 0. The first-order chi connectivity index (χ1) is 11.4. The van der Waals surface area contributed by atoms with E-state index in [2.05, 4.69) is 17.4 Å². The minimum atomic E-state index is 0.318. The van der Waals surface area contributed by atoms with Crippen molar-refractivity contribution in [2.75, 3.05) is 6.54 Å². The molecule has 136 valence electrons. The molecule has 0 radical (unpaired) electrons. The molecular weight excluding hydrogens is 284 g/mol. The highest BCUT2D eigenvalue weighted by molar-refractivity contribution is 5.89. The highest BCUT2D eigenvalue weighted by atomic mass is 16.4. The summed E-state index contributed by atoms with van der Waals surface area (Å²) in [5, 5.41) is 16.4. The first kappa shape index (κ1) is 20.5. The Hall–Kier alpha value is -0.570. The van der Waals surface area contributed by atoms with Crippen molar-refractivity contribution >= 4 is 5.71 Å². The van der Waals surface area contributed by atoms with Crippen molar-refractivity contribution in [2.24, 2.45) is 5.16 Å². The summed E-state index contributed by atoms with van der Waals surface area (Å²) in [4.78, 5) is 0. The molecule has 1 aliphatic rings. The maximum Gasteiger partial charge on any atom is 0.0739 e. The van der Waals surface area contributed by atoms with Crippen molar-refractivity contribution in [1.82, 2.24) is 5.32 Å². The van der Waals surface area contributed by atoms with E-state index in [1.165, 1.54) is 89.9 Å². The minimum absolute atomic E-state index is 0.318. The molecule has 1 fully saturated rings. The van der Waals surface area contributed by atoms with Crippen LogP contribution in [-0.4, -0.2) is 23.5 Å². The molecule has 0 heterocycles. The maximum absolute atomic E-state index is 9.20. The Morgan fingerprint density at radius 3 is 2.13 bits per heavy atom. The number of hydrogen-bond acceptors (Lipinski definition) is 3. The van der Waals surface area contributed by atoms with Crippen LogP contribution in [0.25, 0.3) is 0 Å². The Labute approximate surface area is 144 Å². The fourth-order valence-electron chi connectivity index (χ4n) is 3.58. The zero-order valence-electron chi connectivity index (χ0n) is 15.5. The van der Waals surface area contributed by atoms with Crippen LogP contribution < -0.4 is 5.32 Å². The number of unbranched alkanes of at least 4 members (excludes halogenated alkanes) is 9. The lowest BCUT2D eigenvalue weighted by Gasteiger charge is -2.22. The van der Waals surface area contributed by atoms with Gasteiger partial charge in [0.15, 0.2) is 0 Å². The molecule has 0 spiro atoms. The van der Waals surface area contributed by atoms with Crippen LogP contribution in [0.5, 0.6) is 0 Å². The van der Waals surface area contributed by atoms with Gasteiger partial charge in [0.1, 0.15) is 0 Å². The molecular formula is C20H40N2O. The van der Waals surface area contributed by atoms with Crippen molar-refractivity contribution in [3.63, 3.8) is 0 Å². The van der Waals surface area contributed by atoms with Gasteiger partial charge in [0.25, 0.3) is 0 Å². The largest absolute Gasteiger partial charge is 0.411 e. The Kier molecular flexibility index (Phi) is 13.3. The van der Waals surface area contributed by atoms with Crippen LogP contribution in [0.3, 0.4) is 0 Å². The quantitative estimate of drug-likeness (QED) is 0.261. The van der Waals surface area contributed by atoms with Gasteiger partial charge in [-0.2, -0.15) is 0 Å². The summed E-state index contributed by atoms with van der Waals surface area (Å²) in [6.07, 6.45) is 21.0. The lowest BCUT2D eigenvalue weighted by atomic mass is 9.95. The van der Waals surface area contributed by atoms with E-state index in [1.807, 2.05) is 0 Å². The molecule has 1 rings (SSSR count). The Bertz CT molecular complexity index is 291. The van der Waals surface area contributed by atoms with Gasteiger partial charge in [0, 0.05) is 6.04 Å². The van der Waals surface area contributed by atoms with E-state index in [9.17, 15) is 5.21 Å². The molecule has 0 aromatic rings. The minimum Gasteiger partial charge on any atom is -0.411 e. The van der Waals surface area contributed by atoms with E-state index >= 15 is 0 Å². The SMILES string of the molecule is CCCCCCCCCCCCN[C@@H]1CCCCCC/C1=N/O. The molecule has 1 saturated carbocycles. The van der Waals surface area contributed by atoms with Crippen molar-refractivity contribution < 1.29 is 5.21 Å². The lowest BCUT2D eigenvalue weighted by molar-refractivity contribution is 0.311. The summed E-state index contributed by atoms with van der Waals surface area (Å²) in [6, 6.07) is 0.318. The third-order valence-corrected chi connectivity index (χ3v) is 5.13. The van der Waals surface area contributed by atoms with Crippen molar-refractivity contribution in [3.05, 3.63) is 0 Å². The van der Waals surface area contributed by atoms with Crippen molar-refractivity contribution in [2.45, 2.75) is 116 Å². The van der Waals surface area contributed by atoms with Gasteiger partial charge < -0.3 is 10.5 Å². The predicted octanol–water partition coefficient (Wildman–Crippen LogP) is 6.05. The number of hydrogen-bond donors (Lipinski definition) is 2. The monoisotopic (exact) mass is 324 g/mol. The first-order valence-corrected chi connectivity index (χ1v) is 10.3. The Morgan fingerprint density at radius 1 is 0.870 bits per heavy atom. The molecule has 0 aromatic carbocycles. The summed E-state index contributed by atoms with van der Waals surface area (Å²) in [5.41, 5.74) is 0.983. The summed E-state index contributed by atoms with van der Waals surface area (Å²) >= 11 is 0. The van der Waals surface area contributed by atoms with Crippen molar-refractivity contribution in [1.29, 1.82) is 0 Å². The van der Waals surface area contributed by atoms with Crippen LogP contribution in [-0.2, 0) is 0 Å². The van der Waals surface area contributed by atoms with Gasteiger partial charge in [-0.05, 0) is 32.2 Å². The predicted molar refractivity (Wildman–Crippen MR) is 101 cm³/mol. The van der Waals surface area contributed by atoms with Gasteiger partial charge in [-0.1, -0.05) is 89.1 Å². The number of oxime groups is 1. The Morgan fingerprint density at radius 2 is 1.48 bits per heavy atom. The molecule has 3 heteroatoms. The van der Waals surface area contributed by atoms with Crippen LogP contribution in [0, 0.1) is 0 Å². The average Bonchev–Trinajstić information content (AvgIpc) is 2.54. The number of nitrogens with zero attached hydrogens (tertiary/aromatic N) is 1. The molecule has 0 bridgehead atoms. The van der Waals surface area contributed by atoms with Gasteiger partial charge in [-0.15, -0.1) is 0 Å². The smallest absolute Gasteiger partial charge is 0.0739 e. The molecule has 3 nitrogen and oxygen atoms in total. The Balaban J connectivity index is 1.96. The van der Waals surface area contributed by atoms with Gasteiger partial charge in [0.2, 0.25) is 0 Å². The third-order valence-electron chi connectivity index (χ3n) is 5.13. The van der Waals surface area contributed by atoms with Crippen molar-refractivity contribution in [3.8, 4) is 0 Å². The van der Waals surface area contributed by atoms with E-state index in [0.717, 1.165) is 25.1 Å². The second-order valence-corrected chi connectivity index (χ2v) is 7.23. The van der Waals surface area contributed by atoms with E-state index in [-0.39, 0.29) is 0 Å². The maximum atomic E-state index is 9.20. The summed E-state index contributed by atoms with van der Waals surface area (Å²) in [5.74, 6) is 0. The van der Waals surface area contributed by atoms with Crippen LogP contribution in [0.2, 0.25) is 0 Å². The van der Waals surface area contributed by atoms with E-state index in [1.54, 1.807) is 0 Å². The average molecular weight is 325 g/mol. The fourth-order valence-corrected chi connectivity index (χ4v) is 3.58. The molecule has 0 saturated heterocycles. The van der Waals surface area contributed by atoms with E-state index in [4.69, 9.17) is 0 Å². The van der Waals surface area contributed by atoms with Crippen LogP contribution >= 0.6 is 0 Å². The van der Waals surface area contributed by atoms with E-state index in [0.29, 0.717) is 6.04 Å². The fraction of sp³-hybridized carbons (Fsp3) is 0.950. The molecule has 0 unspecified atom stereocenters. The molecule has 2 N–H and O–H groups in total. The first-order valence-electron chi connectivity index (χ1n) is 10.3. The van der Waals surface area contributed by atoms with Crippen LogP contribution in [0.1, 0.15) is 110 Å². The molecule has 1 aliphatic carbocycles. The third kappa shape index (κ3) is 10.8. The molecule has 0 amide bonds.